The van der Waals surface area contributed by atoms with Crippen molar-refractivity contribution in [3.63, 3.8) is 0 Å². The van der Waals surface area contributed by atoms with E-state index in [9.17, 15) is 4.79 Å². The van der Waals surface area contributed by atoms with E-state index in [4.69, 9.17) is 10.5 Å². The molecule has 0 aromatic heterocycles. The maximum Gasteiger partial charge on any atom is 0.223 e. The first-order valence-electron chi connectivity index (χ1n) is 7.94. The summed E-state index contributed by atoms with van der Waals surface area (Å²) in [6.07, 6.45) is 4.17. The van der Waals surface area contributed by atoms with Crippen molar-refractivity contribution < 1.29 is 9.53 Å². The van der Waals surface area contributed by atoms with Crippen LogP contribution in [0.1, 0.15) is 38.2 Å². The molecule has 0 radical (unpaired) electrons. The number of hydrogen-bond acceptors (Lipinski definition) is 3. The first-order chi connectivity index (χ1) is 10.2. The van der Waals surface area contributed by atoms with Crippen LogP contribution < -0.4 is 15.8 Å². The number of hydrogen-bond donors (Lipinski definition) is 2. The van der Waals surface area contributed by atoms with Crippen molar-refractivity contribution in [2.24, 2.45) is 17.6 Å². The van der Waals surface area contributed by atoms with Crippen molar-refractivity contribution in [3.05, 3.63) is 29.8 Å². The summed E-state index contributed by atoms with van der Waals surface area (Å²) in [6, 6.07) is 7.91. The largest absolute Gasteiger partial charge is 0.494 e. The van der Waals surface area contributed by atoms with Gasteiger partial charge < -0.3 is 15.8 Å². The molecule has 0 saturated heterocycles. The third-order valence-electron chi connectivity index (χ3n) is 4.16. The summed E-state index contributed by atoms with van der Waals surface area (Å²) >= 11 is 0. The molecule has 116 valence electrons. The molecule has 4 heteroatoms. The highest BCUT2D eigenvalue weighted by Crippen LogP contribution is 2.31. The lowest BCUT2D eigenvalue weighted by Crippen LogP contribution is -2.34. The van der Waals surface area contributed by atoms with Gasteiger partial charge in [-0.3, -0.25) is 4.79 Å². The fraction of sp³-hybridized carbons (Fsp3) is 0.588. The Labute approximate surface area is 127 Å². The van der Waals surface area contributed by atoms with E-state index in [2.05, 4.69) is 12.2 Å². The normalized spacial score (nSPS) is 21.2. The van der Waals surface area contributed by atoms with Crippen LogP contribution in [0, 0.1) is 11.8 Å². The van der Waals surface area contributed by atoms with Gasteiger partial charge in [-0.05, 0) is 49.4 Å². The Morgan fingerprint density at radius 1 is 1.33 bits per heavy atom. The highest BCUT2D eigenvalue weighted by Gasteiger charge is 2.31. The van der Waals surface area contributed by atoms with Crippen LogP contribution >= 0.6 is 0 Å². The van der Waals surface area contributed by atoms with Crippen molar-refractivity contribution in [2.75, 3.05) is 13.2 Å². The minimum absolute atomic E-state index is 0.0992. The molecule has 0 unspecified atom stereocenters. The highest BCUT2D eigenvalue weighted by molar-refractivity contribution is 5.79. The minimum atomic E-state index is 0.0992. The lowest BCUT2D eigenvalue weighted by Gasteiger charge is -2.17. The highest BCUT2D eigenvalue weighted by atomic mass is 16.5. The van der Waals surface area contributed by atoms with E-state index in [-0.39, 0.29) is 11.8 Å². The van der Waals surface area contributed by atoms with Gasteiger partial charge in [0.25, 0.3) is 0 Å². The molecular weight excluding hydrogens is 264 g/mol. The first-order valence-corrected chi connectivity index (χ1v) is 7.94. The average molecular weight is 290 g/mol. The van der Waals surface area contributed by atoms with Crippen LogP contribution in [0.3, 0.4) is 0 Å². The molecule has 1 aromatic rings. The summed E-state index contributed by atoms with van der Waals surface area (Å²) in [7, 11) is 0. The van der Waals surface area contributed by atoms with E-state index in [0.29, 0.717) is 19.0 Å². The summed E-state index contributed by atoms with van der Waals surface area (Å²) in [5.74, 6) is 1.48. The molecule has 2 rings (SSSR count). The fourth-order valence-corrected chi connectivity index (χ4v) is 2.91. The Bertz CT molecular complexity index is 445. The monoisotopic (exact) mass is 290 g/mol. The first kappa shape index (κ1) is 15.8. The van der Waals surface area contributed by atoms with Crippen molar-refractivity contribution >= 4 is 5.91 Å². The predicted octanol–water partition coefficient (Wildman–Crippen LogP) is 2.47. The van der Waals surface area contributed by atoms with Crippen molar-refractivity contribution in [2.45, 2.75) is 39.2 Å². The third-order valence-corrected chi connectivity index (χ3v) is 4.16. The molecular formula is C17H26N2O2. The lowest BCUT2D eigenvalue weighted by molar-refractivity contribution is -0.126. The zero-order valence-electron chi connectivity index (χ0n) is 12.8. The van der Waals surface area contributed by atoms with E-state index in [1.165, 1.54) is 0 Å². The molecule has 3 N–H and O–H groups in total. The van der Waals surface area contributed by atoms with Gasteiger partial charge in [0.15, 0.2) is 0 Å². The smallest absolute Gasteiger partial charge is 0.223 e. The number of carbonyl (C=O) groups is 1. The van der Waals surface area contributed by atoms with Crippen LogP contribution in [0.4, 0.5) is 0 Å². The van der Waals surface area contributed by atoms with E-state index in [1.54, 1.807) is 0 Å². The third kappa shape index (κ3) is 4.46. The quantitative estimate of drug-likeness (QED) is 0.811. The van der Waals surface area contributed by atoms with Crippen LogP contribution in [0.15, 0.2) is 24.3 Å². The standard InChI is InChI=1S/C17H26N2O2/c1-2-10-21-15-8-6-13(7-9-15)12-19-17(20)16-5-3-4-14(16)11-18/h6-9,14,16H,2-5,10-12,18H2,1H3,(H,19,20)/t14-,16-/m1/s1. The van der Waals surface area contributed by atoms with E-state index in [1.807, 2.05) is 24.3 Å². The van der Waals surface area contributed by atoms with Gasteiger partial charge in [-0.25, -0.2) is 0 Å². The van der Waals surface area contributed by atoms with Crippen LogP contribution in [0.25, 0.3) is 0 Å². The summed E-state index contributed by atoms with van der Waals surface area (Å²) in [5.41, 5.74) is 6.82. The second kappa shape index (κ2) is 8.03. The average Bonchev–Trinajstić information content (AvgIpc) is 3.00. The molecule has 1 aliphatic carbocycles. The molecule has 1 aliphatic rings. The van der Waals surface area contributed by atoms with Gasteiger partial charge in [-0.1, -0.05) is 25.5 Å². The number of carbonyl (C=O) groups excluding carboxylic acids is 1. The Kier molecular flexibility index (Phi) is 6.05. The zero-order valence-corrected chi connectivity index (χ0v) is 12.8. The Morgan fingerprint density at radius 2 is 2.10 bits per heavy atom. The fourth-order valence-electron chi connectivity index (χ4n) is 2.91. The molecule has 0 aliphatic heterocycles. The van der Waals surface area contributed by atoms with Crippen molar-refractivity contribution in [3.8, 4) is 5.75 Å². The molecule has 1 amide bonds. The van der Waals surface area contributed by atoms with Crippen LogP contribution in [0.5, 0.6) is 5.75 Å². The van der Waals surface area contributed by atoms with E-state index < -0.39 is 0 Å². The number of ether oxygens (including phenoxy) is 1. The number of nitrogens with two attached hydrogens (primary N) is 1. The zero-order chi connectivity index (χ0) is 15.1. The van der Waals surface area contributed by atoms with E-state index >= 15 is 0 Å². The lowest BCUT2D eigenvalue weighted by atomic mass is 9.95. The Morgan fingerprint density at radius 3 is 2.76 bits per heavy atom. The second-order valence-electron chi connectivity index (χ2n) is 5.74. The molecule has 1 fully saturated rings. The van der Waals surface area contributed by atoms with Crippen molar-refractivity contribution in [1.29, 1.82) is 0 Å². The molecule has 21 heavy (non-hydrogen) atoms. The maximum atomic E-state index is 12.2. The summed E-state index contributed by atoms with van der Waals surface area (Å²) in [5, 5.41) is 3.03. The van der Waals surface area contributed by atoms with Gasteiger partial charge in [0.2, 0.25) is 5.91 Å². The molecule has 2 atom stereocenters. The molecule has 0 bridgehead atoms. The molecule has 1 aromatic carbocycles. The Hall–Kier alpha value is -1.55. The molecule has 4 nitrogen and oxygen atoms in total. The van der Waals surface area contributed by atoms with Crippen LogP contribution in [-0.2, 0) is 11.3 Å². The van der Waals surface area contributed by atoms with Gasteiger partial charge in [-0.15, -0.1) is 0 Å². The summed E-state index contributed by atoms with van der Waals surface area (Å²) < 4.78 is 5.54. The van der Waals surface area contributed by atoms with Crippen molar-refractivity contribution in [1.82, 2.24) is 5.32 Å². The molecule has 0 spiro atoms. The number of rotatable bonds is 7. The second-order valence-corrected chi connectivity index (χ2v) is 5.74. The van der Waals surface area contributed by atoms with Crippen LogP contribution in [0.2, 0.25) is 0 Å². The van der Waals surface area contributed by atoms with E-state index in [0.717, 1.165) is 43.6 Å². The predicted molar refractivity (Wildman–Crippen MR) is 84.0 cm³/mol. The SMILES string of the molecule is CCCOc1ccc(CNC(=O)[C@@H]2CCC[C@@H]2CN)cc1. The Balaban J connectivity index is 1.81. The molecule has 1 saturated carbocycles. The van der Waals surface area contributed by atoms with Gasteiger partial charge in [0.05, 0.1) is 6.61 Å². The maximum absolute atomic E-state index is 12.2. The summed E-state index contributed by atoms with van der Waals surface area (Å²) in [6.45, 7) is 4.00. The van der Waals surface area contributed by atoms with Gasteiger partial charge >= 0.3 is 0 Å². The number of amides is 1. The van der Waals surface area contributed by atoms with Gasteiger partial charge in [-0.2, -0.15) is 0 Å². The number of benzene rings is 1. The molecule has 0 heterocycles. The van der Waals surface area contributed by atoms with Gasteiger partial charge in [0.1, 0.15) is 5.75 Å². The number of nitrogens with one attached hydrogen (secondary N) is 1. The summed E-state index contributed by atoms with van der Waals surface area (Å²) in [4.78, 5) is 12.2. The topological polar surface area (TPSA) is 64.3 Å². The van der Waals surface area contributed by atoms with Gasteiger partial charge in [0, 0.05) is 12.5 Å². The minimum Gasteiger partial charge on any atom is -0.494 e. The van der Waals surface area contributed by atoms with Crippen LogP contribution in [-0.4, -0.2) is 19.1 Å².